The molecule has 0 bridgehead atoms. The molecule has 2 aromatic rings. The maximum atomic E-state index is 13.0. The number of aryl methyl sites for hydroxylation is 1. The van der Waals surface area contributed by atoms with Crippen molar-refractivity contribution in [2.24, 2.45) is 0 Å². The van der Waals surface area contributed by atoms with Crippen molar-refractivity contribution in [3.05, 3.63) is 53.3 Å². The number of nitrogens with two attached hydrogens (primary N) is 1. The summed E-state index contributed by atoms with van der Waals surface area (Å²) in [6.07, 6.45) is 0.650. The van der Waals surface area contributed by atoms with Crippen LogP contribution in [0.2, 0.25) is 0 Å². The van der Waals surface area contributed by atoms with E-state index >= 15 is 0 Å². The van der Waals surface area contributed by atoms with E-state index < -0.39 is 15.8 Å². The van der Waals surface area contributed by atoms with Crippen LogP contribution in [0.5, 0.6) is 0 Å². The van der Waals surface area contributed by atoms with E-state index in [9.17, 15) is 12.8 Å². The zero-order chi connectivity index (χ0) is 15.2. The van der Waals surface area contributed by atoms with Gasteiger partial charge in [0.05, 0.1) is 10.6 Å². The van der Waals surface area contributed by atoms with Crippen LogP contribution in [0, 0.1) is 12.7 Å². The Morgan fingerprint density at radius 3 is 2.52 bits per heavy atom. The van der Waals surface area contributed by atoms with Gasteiger partial charge in [-0.2, -0.15) is 0 Å². The lowest BCUT2D eigenvalue weighted by atomic mass is 10.1. The molecule has 0 atom stereocenters. The molecule has 1 aliphatic heterocycles. The average Bonchev–Trinajstić information content (AvgIpc) is 2.83. The molecule has 1 aliphatic rings. The van der Waals surface area contributed by atoms with Crippen LogP contribution in [0.3, 0.4) is 0 Å². The molecular formula is C15H15FN2O2S. The van der Waals surface area contributed by atoms with Crippen molar-refractivity contribution >= 4 is 21.4 Å². The van der Waals surface area contributed by atoms with Gasteiger partial charge in [-0.1, -0.05) is 6.07 Å². The number of nitrogen functional groups attached to an aromatic ring is 1. The van der Waals surface area contributed by atoms with Gasteiger partial charge in [0, 0.05) is 12.2 Å². The fourth-order valence-corrected chi connectivity index (χ4v) is 4.03. The van der Waals surface area contributed by atoms with Crippen LogP contribution >= 0.6 is 0 Å². The molecule has 0 amide bonds. The first kappa shape index (κ1) is 13.9. The summed E-state index contributed by atoms with van der Waals surface area (Å²) in [5.41, 5.74) is 8.97. The second kappa shape index (κ2) is 4.73. The summed E-state index contributed by atoms with van der Waals surface area (Å²) >= 11 is 0. The zero-order valence-electron chi connectivity index (χ0n) is 11.5. The first-order valence-electron chi connectivity index (χ1n) is 6.57. The normalized spacial score (nSPS) is 14.3. The Bertz CT molecular complexity index is 801. The van der Waals surface area contributed by atoms with Gasteiger partial charge in [0.1, 0.15) is 5.82 Å². The summed E-state index contributed by atoms with van der Waals surface area (Å²) in [5.74, 6) is -0.462. The number of rotatable bonds is 2. The third-order valence-corrected chi connectivity index (χ3v) is 5.55. The van der Waals surface area contributed by atoms with Crippen molar-refractivity contribution in [2.75, 3.05) is 16.6 Å². The average molecular weight is 306 g/mol. The van der Waals surface area contributed by atoms with Crippen LogP contribution in [-0.2, 0) is 16.4 Å². The van der Waals surface area contributed by atoms with Crippen LogP contribution in [0.15, 0.2) is 41.3 Å². The molecular weight excluding hydrogens is 291 g/mol. The standard InChI is InChI=1S/C15H15FN2O2S/c1-10-8-11-6-7-18(15(11)9-14(10)17)21(19,20)13-4-2-12(16)3-5-13/h2-5,8-9H,6-7,17H2,1H3. The lowest BCUT2D eigenvalue weighted by molar-refractivity contribution is 0.591. The minimum Gasteiger partial charge on any atom is -0.398 e. The summed E-state index contributed by atoms with van der Waals surface area (Å²) in [4.78, 5) is 0.0795. The fraction of sp³-hybridized carbons (Fsp3) is 0.200. The van der Waals surface area contributed by atoms with Crippen molar-refractivity contribution in [1.29, 1.82) is 0 Å². The Kier molecular flexibility index (Phi) is 3.13. The van der Waals surface area contributed by atoms with Crippen molar-refractivity contribution < 1.29 is 12.8 Å². The predicted molar refractivity (Wildman–Crippen MR) is 80.2 cm³/mol. The quantitative estimate of drug-likeness (QED) is 0.867. The molecule has 0 aromatic heterocycles. The topological polar surface area (TPSA) is 63.4 Å². The molecule has 0 radical (unpaired) electrons. The van der Waals surface area contributed by atoms with Gasteiger partial charge >= 0.3 is 0 Å². The monoisotopic (exact) mass is 306 g/mol. The van der Waals surface area contributed by atoms with Crippen LogP contribution in [0.1, 0.15) is 11.1 Å². The van der Waals surface area contributed by atoms with E-state index in [1.807, 2.05) is 13.0 Å². The lowest BCUT2D eigenvalue weighted by Gasteiger charge is -2.20. The smallest absolute Gasteiger partial charge is 0.264 e. The highest BCUT2D eigenvalue weighted by Gasteiger charge is 2.31. The lowest BCUT2D eigenvalue weighted by Crippen LogP contribution is -2.29. The van der Waals surface area contributed by atoms with Gasteiger partial charge < -0.3 is 5.73 Å². The molecule has 0 unspecified atom stereocenters. The van der Waals surface area contributed by atoms with E-state index in [1.54, 1.807) is 6.07 Å². The Morgan fingerprint density at radius 2 is 1.86 bits per heavy atom. The molecule has 0 saturated carbocycles. The van der Waals surface area contributed by atoms with Crippen molar-refractivity contribution in [1.82, 2.24) is 0 Å². The van der Waals surface area contributed by atoms with E-state index in [1.165, 1.54) is 16.4 Å². The molecule has 0 spiro atoms. The third kappa shape index (κ3) is 2.25. The molecule has 2 N–H and O–H groups in total. The molecule has 1 heterocycles. The van der Waals surface area contributed by atoms with Crippen molar-refractivity contribution in [3.63, 3.8) is 0 Å². The largest absolute Gasteiger partial charge is 0.398 e. The van der Waals surface area contributed by atoms with Gasteiger partial charge in [-0.05, 0) is 54.8 Å². The number of benzene rings is 2. The first-order valence-corrected chi connectivity index (χ1v) is 8.01. The third-order valence-electron chi connectivity index (χ3n) is 3.72. The number of anilines is 2. The SMILES string of the molecule is Cc1cc2c(cc1N)N(S(=O)(=O)c1ccc(F)cc1)CC2. The summed E-state index contributed by atoms with van der Waals surface area (Å²) in [6, 6.07) is 8.46. The molecule has 4 nitrogen and oxygen atoms in total. The van der Waals surface area contributed by atoms with Gasteiger partial charge in [0.2, 0.25) is 0 Å². The molecule has 110 valence electrons. The highest BCUT2D eigenvalue weighted by atomic mass is 32.2. The van der Waals surface area contributed by atoms with Crippen LogP contribution in [0.25, 0.3) is 0 Å². The van der Waals surface area contributed by atoms with Gasteiger partial charge in [0.15, 0.2) is 0 Å². The van der Waals surface area contributed by atoms with Gasteiger partial charge in [-0.25, -0.2) is 12.8 Å². The number of hydrogen-bond donors (Lipinski definition) is 1. The molecule has 6 heteroatoms. The highest BCUT2D eigenvalue weighted by molar-refractivity contribution is 7.92. The predicted octanol–water partition coefficient (Wildman–Crippen LogP) is 2.47. The number of hydrogen-bond acceptors (Lipinski definition) is 3. The fourth-order valence-electron chi connectivity index (χ4n) is 2.53. The van der Waals surface area contributed by atoms with Gasteiger partial charge in [-0.3, -0.25) is 4.31 Å². The molecule has 0 fully saturated rings. The van der Waals surface area contributed by atoms with Crippen LogP contribution in [0.4, 0.5) is 15.8 Å². The maximum absolute atomic E-state index is 13.0. The number of halogens is 1. The van der Waals surface area contributed by atoms with Gasteiger partial charge in [-0.15, -0.1) is 0 Å². The first-order chi connectivity index (χ1) is 9.89. The second-order valence-electron chi connectivity index (χ2n) is 5.12. The molecule has 2 aromatic carbocycles. The Balaban J connectivity index is 2.07. The van der Waals surface area contributed by atoms with E-state index in [0.29, 0.717) is 24.3 Å². The second-order valence-corrected chi connectivity index (χ2v) is 6.98. The molecule has 3 rings (SSSR count). The molecule has 0 saturated heterocycles. The molecule has 0 aliphatic carbocycles. The van der Waals surface area contributed by atoms with Gasteiger partial charge in [0.25, 0.3) is 10.0 Å². The summed E-state index contributed by atoms with van der Waals surface area (Å²) in [5, 5.41) is 0. The van der Waals surface area contributed by atoms with Crippen molar-refractivity contribution in [3.8, 4) is 0 Å². The summed E-state index contributed by atoms with van der Waals surface area (Å²) in [7, 11) is -3.69. The highest BCUT2D eigenvalue weighted by Crippen LogP contribution is 2.35. The Labute approximate surface area is 123 Å². The zero-order valence-corrected chi connectivity index (χ0v) is 12.3. The molecule has 21 heavy (non-hydrogen) atoms. The number of fused-ring (bicyclic) bond motifs is 1. The summed E-state index contributed by atoms with van der Waals surface area (Å²) < 4.78 is 39.6. The van der Waals surface area contributed by atoms with E-state index in [-0.39, 0.29) is 4.90 Å². The van der Waals surface area contributed by atoms with Crippen LogP contribution < -0.4 is 10.0 Å². The van der Waals surface area contributed by atoms with E-state index in [0.717, 1.165) is 23.3 Å². The van der Waals surface area contributed by atoms with E-state index in [2.05, 4.69) is 0 Å². The van der Waals surface area contributed by atoms with Crippen LogP contribution in [-0.4, -0.2) is 15.0 Å². The number of nitrogens with zero attached hydrogens (tertiary/aromatic N) is 1. The number of sulfonamides is 1. The van der Waals surface area contributed by atoms with Crippen molar-refractivity contribution in [2.45, 2.75) is 18.2 Å². The maximum Gasteiger partial charge on any atom is 0.264 e. The summed E-state index contributed by atoms with van der Waals surface area (Å²) in [6.45, 7) is 2.27. The minimum absolute atomic E-state index is 0.0795. The Hall–Kier alpha value is -2.08. The van der Waals surface area contributed by atoms with E-state index in [4.69, 9.17) is 5.73 Å². The Morgan fingerprint density at radius 1 is 1.19 bits per heavy atom. The minimum atomic E-state index is -3.69.